The predicted octanol–water partition coefficient (Wildman–Crippen LogP) is 12.2. The summed E-state index contributed by atoms with van der Waals surface area (Å²) in [6.45, 7) is 1.77. The second-order valence-corrected chi connectivity index (χ2v) is 28.2. The fourth-order valence-electron chi connectivity index (χ4n) is 13.4. The number of nitrogens with one attached hydrogen (secondary N) is 1. The van der Waals surface area contributed by atoms with Gasteiger partial charge in [0, 0.05) is 6.42 Å². The van der Waals surface area contributed by atoms with Crippen LogP contribution in [0.15, 0.2) is 24.3 Å². The number of allylic oxidation sites excluding steroid dienone is 3. The first-order valence-corrected chi connectivity index (χ1v) is 39.1. The highest BCUT2D eigenvalue weighted by Crippen LogP contribution is 2.33. The first kappa shape index (κ1) is 87.5. The van der Waals surface area contributed by atoms with E-state index in [4.69, 9.17) is 28.4 Å². The van der Waals surface area contributed by atoms with Crippen molar-refractivity contribution in [1.82, 2.24) is 5.32 Å². The van der Waals surface area contributed by atoms with Crippen LogP contribution in [0.3, 0.4) is 0 Å². The summed E-state index contributed by atoms with van der Waals surface area (Å²) in [4.78, 5) is 13.5. The molecule has 3 aliphatic heterocycles. The quantitative estimate of drug-likeness (QED) is 0.0199. The lowest BCUT2D eigenvalue weighted by Gasteiger charge is -2.48. The van der Waals surface area contributed by atoms with E-state index in [0.717, 1.165) is 38.5 Å². The van der Waals surface area contributed by atoms with Crippen molar-refractivity contribution in [2.75, 3.05) is 26.4 Å². The summed E-state index contributed by atoms with van der Waals surface area (Å²) in [6, 6.07) is -0.988. The zero-order valence-corrected chi connectivity index (χ0v) is 59.7. The smallest absolute Gasteiger partial charge is 0.220 e. The van der Waals surface area contributed by atoms with E-state index in [1.165, 1.54) is 250 Å². The maximum Gasteiger partial charge on any atom is 0.220 e. The van der Waals surface area contributed by atoms with Crippen LogP contribution in [0.5, 0.6) is 0 Å². The highest BCUT2D eigenvalue weighted by molar-refractivity contribution is 5.76. The second-order valence-electron chi connectivity index (χ2n) is 28.2. The van der Waals surface area contributed by atoms with Gasteiger partial charge in [0.25, 0.3) is 0 Å². The first-order valence-electron chi connectivity index (χ1n) is 39.1. The molecule has 3 fully saturated rings. The maximum absolute atomic E-state index is 13.5. The van der Waals surface area contributed by atoms with Crippen LogP contribution in [0.4, 0.5) is 0 Å². The molecule has 0 aromatic rings. The third kappa shape index (κ3) is 38.8. The molecule has 0 saturated carbocycles. The lowest BCUT2D eigenvalue weighted by molar-refractivity contribution is -0.379. The molecule has 3 aliphatic rings. The van der Waals surface area contributed by atoms with Crippen molar-refractivity contribution in [3.05, 3.63) is 24.3 Å². The van der Waals surface area contributed by atoms with Crippen LogP contribution in [0.25, 0.3) is 0 Å². The van der Waals surface area contributed by atoms with E-state index in [1.54, 1.807) is 6.08 Å². The van der Waals surface area contributed by atoms with Gasteiger partial charge >= 0.3 is 0 Å². The van der Waals surface area contributed by atoms with Gasteiger partial charge in [0.2, 0.25) is 5.91 Å². The standard InChI is InChI=1S/C76H143NO18/c1-3-5-7-9-11-13-15-17-19-21-23-25-27-29-30-32-34-36-38-40-42-44-46-48-50-52-54-64(82)77-59(60(81)53-51-49-47-45-43-41-39-37-35-33-31-28-26-24-22-20-18-16-14-12-10-8-6-4-2)58-90-74-70(88)67(85)72(62(56-79)92-74)95-76-71(89)68(86)73(63(57-80)93-76)94-75-69(87)66(84)65(83)61(55-78)91-75/h43,45,51,53,59-63,65-76,78-81,83-89H,3-42,44,46-50,52,54-58H2,1-2H3,(H,77,82)/b45-43+,53-51+. The predicted molar refractivity (Wildman–Crippen MR) is 374 cm³/mol. The normalized spacial score (nSPS) is 27.3. The van der Waals surface area contributed by atoms with Crippen LogP contribution >= 0.6 is 0 Å². The molecule has 17 unspecified atom stereocenters. The van der Waals surface area contributed by atoms with E-state index in [0.29, 0.717) is 12.8 Å². The molecule has 0 aromatic carbocycles. The number of amides is 1. The molecule has 12 N–H and O–H groups in total. The number of carbonyl (C=O) groups is 1. The Morgan fingerprint density at radius 3 is 1.05 bits per heavy atom. The van der Waals surface area contributed by atoms with Gasteiger partial charge in [-0.15, -0.1) is 0 Å². The van der Waals surface area contributed by atoms with Crippen LogP contribution in [-0.4, -0.2) is 193 Å². The molecule has 95 heavy (non-hydrogen) atoms. The van der Waals surface area contributed by atoms with Crippen molar-refractivity contribution >= 4 is 5.91 Å². The SMILES string of the molecule is CCCCCCCCCCCCCCCCCCCC/C=C/CC/C=C/C(O)C(COC1OC(CO)C(OC2OC(CO)C(OC3OC(CO)C(O)C(O)C3O)C(O)C2O)C(O)C1O)NC(=O)CCCCCCCCCCCCCCCCCCCCCCCCCCCC. The average Bonchev–Trinajstić information content (AvgIpc) is 0.787. The van der Waals surface area contributed by atoms with Gasteiger partial charge in [0.1, 0.15) is 73.2 Å². The third-order valence-electron chi connectivity index (χ3n) is 19.8. The van der Waals surface area contributed by atoms with Crippen LogP contribution in [0.1, 0.15) is 322 Å². The fourth-order valence-corrected chi connectivity index (χ4v) is 13.4. The molecule has 0 aliphatic carbocycles. The highest BCUT2D eigenvalue weighted by Gasteiger charge is 2.53. The summed E-state index contributed by atoms with van der Waals surface area (Å²) in [5.41, 5.74) is 0. The van der Waals surface area contributed by atoms with Crippen molar-refractivity contribution in [1.29, 1.82) is 0 Å². The second kappa shape index (κ2) is 57.8. The Hall–Kier alpha value is -1.73. The van der Waals surface area contributed by atoms with Gasteiger partial charge in [-0.25, -0.2) is 0 Å². The summed E-state index contributed by atoms with van der Waals surface area (Å²) < 4.78 is 34.4. The minimum Gasteiger partial charge on any atom is -0.394 e. The fraction of sp³-hybridized carbons (Fsp3) is 0.934. The monoisotopic (exact) mass is 1360 g/mol. The summed E-state index contributed by atoms with van der Waals surface area (Å²) in [5, 5.41) is 121. The number of hydrogen-bond donors (Lipinski definition) is 12. The van der Waals surface area contributed by atoms with Gasteiger partial charge in [-0.05, 0) is 32.1 Å². The van der Waals surface area contributed by atoms with Crippen LogP contribution in [0, 0.1) is 0 Å². The minimum atomic E-state index is -1.98. The highest BCUT2D eigenvalue weighted by atomic mass is 16.8. The Labute approximate surface area is 575 Å². The molecule has 3 rings (SSSR count). The van der Waals surface area contributed by atoms with Crippen molar-refractivity contribution < 1.29 is 89.4 Å². The van der Waals surface area contributed by atoms with Crippen molar-refractivity contribution in [2.45, 2.75) is 426 Å². The lowest BCUT2D eigenvalue weighted by Crippen LogP contribution is -2.66. The summed E-state index contributed by atoms with van der Waals surface area (Å²) in [7, 11) is 0. The van der Waals surface area contributed by atoms with Gasteiger partial charge in [0.15, 0.2) is 18.9 Å². The topological polar surface area (TPSA) is 307 Å². The van der Waals surface area contributed by atoms with Gasteiger partial charge in [-0.1, -0.05) is 308 Å². The molecule has 17 atom stereocenters. The average molecular weight is 1360 g/mol. The summed E-state index contributed by atoms with van der Waals surface area (Å²) in [6.07, 6.45) is 41.7. The number of aliphatic hydroxyl groups excluding tert-OH is 11. The largest absolute Gasteiger partial charge is 0.394 e. The van der Waals surface area contributed by atoms with Gasteiger partial charge in [-0.3, -0.25) is 4.79 Å². The number of carbonyl (C=O) groups excluding carboxylic acids is 1. The number of rotatable bonds is 62. The molecule has 19 heteroatoms. The number of aliphatic hydroxyl groups is 11. The summed E-state index contributed by atoms with van der Waals surface area (Å²) >= 11 is 0. The van der Waals surface area contributed by atoms with E-state index in [1.807, 2.05) is 6.08 Å². The molecule has 19 nitrogen and oxygen atoms in total. The number of hydrogen-bond acceptors (Lipinski definition) is 18. The van der Waals surface area contributed by atoms with Gasteiger partial charge in [0.05, 0.1) is 38.6 Å². The zero-order chi connectivity index (χ0) is 68.9. The third-order valence-corrected chi connectivity index (χ3v) is 19.8. The molecule has 1 amide bonds. The maximum atomic E-state index is 13.5. The molecular formula is C76H143NO18. The molecule has 3 saturated heterocycles. The Kier molecular flexibility index (Phi) is 53.3. The Morgan fingerprint density at radius 2 is 0.674 bits per heavy atom. The number of unbranched alkanes of at least 4 members (excludes halogenated alkanes) is 44. The van der Waals surface area contributed by atoms with Crippen molar-refractivity contribution in [3.63, 3.8) is 0 Å². The molecule has 3 heterocycles. The molecule has 0 spiro atoms. The molecule has 0 radical (unpaired) electrons. The zero-order valence-electron chi connectivity index (χ0n) is 59.7. The molecule has 560 valence electrons. The van der Waals surface area contributed by atoms with E-state index >= 15 is 0 Å². The Morgan fingerprint density at radius 1 is 0.368 bits per heavy atom. The van der Waals surface area contributed by atoms with E-state index in [9.17, 15) is 61.0 Å². The van der Waals surface area contributed by atoms with Crippen LogP contribution in [0.2, 0.25) is 0 Å². The van der Waals surface area contributed by atoms with E-state index in [-0.39, 0.29) is 18.9 Å². The molecule has 0 aromatic heterocycles. The molecule has 0 bridgehead atoms. The Bertz CT molecular complexity index is 1810. The first-order chi connectivity index (χ1) is 46.3. The van der Waals surface area contributed by atoms with Gasteiger partial charge in [-0.2, -0.15) is 0 Å². The lowest BCUT2D eigenvalue weighted by atomic mass is 9.96. The van der Waals surface area contributed by atoms with Crippen LogP contribution < -0.4 is 5.32 Å². The van der Waals surface area contributed by atoms with E-state index in [2.05, 4.69) is 31.3 Å². The molecular weight excluding hydrogens is 1210 g/mol. The Balaban J connectivity index is 1.40. The number of ether oxygens (including phenoxy) is 6. The van der Waals surface area contributed by atoms with Gasteiger partial charge < -0.3 is 89.9 Å². The van der Waals surface area contributed by atoms with E-state index < -0.39 is 124 Å². The minimum absolute atomic E-state index is 0.241. The van der Waals surface area contributed by atoms with Crippen LogP contribution in [-0.2, 0) is 33.2 Å². The summed E-state index contributed by atoms with van der Waals surface area (Å²) in [5.74, 6) is -0.278. The van der Waals surface area contributed by atoms with Crippen molar-refractivity contribution in [3.8, 4) is 0 Å². The van der Waals surface area contributed by atoms with Crippen molar-refractivity contribution in [2.24, 2.45) is 0 Å².